The third kappa shape index (κ3) is 69.5. The molecule has 0 saturated carbocycles. The van der Waals surface area contributed by atoms with Gasteiger partial charge in [-0.2, -0.15) is 0 Å². The molecular formula is C90H160. The number of hydrogen-bond acceptors (Lipinski definition) is 0. The van der Waals surface area contributed by atoms with Crippen molar-refractivity contribution in [3.63, 3.8) is 0 Å². The van der Waals surface area contributed by atoms with Crippen LogP contribution in [0.1, 0.15) is 283 Å². The van der Waals surface area contributed by atoms with Gasteiger partial charge in [0, 0.05) is 0 Å². The smallest absolute Gasteiger partial charge is 0.0178 e. The Balaban J connectivity index is -0.0000000660. The van der Waals surface area contributed by atoms with Crippen molar-refractivity contribution in [3.05, 3.63) is 259 Å². The van der Waals surface area contributed by atoms with Crippen molar-refractivity contribution in [3.8, 4) is 0 Å². The third-order valence-electron chi connectivity index (χ3n) is 11.5. The quantitative estimate of drug-likeness (QED) is 0.142. The van der Waals surface area contributed by atoms with Gasteiger partial charge in [0.2, 0.25) is 0 Å². The molecule has 0 heterocycles. The minimum Gasteiger partial charge on any atom is -0.0683 e. The van der Waals surface area contributed by atoms with E-state index in [0.29, 0.717) is 0 Å². The molecule has 0 unspecified atom stereocenters. The molecule has 0 heteroatoms. The molecule has 0 radical (unpaired) electrons. The molecule has 0 N–H and O–H groups in total. The Bertz CT molecular complexity index is 2090. The van der Waals surface area contributed by atoms with Crippen molar-refractivity contribution in [2.24, 2.45) is 0 Å². The summed E-state index contributed by atoms with van der Waals surface area (Å²) >= 11 is 0. The van der Waals surface area contributed by atoms with Crippen molar-refractivity contribution in [2.45, 2.75) is 305 Å². The van der Waals surface area contributed by atoms with Crippen LogP contribution in [0, 0.1) is 111 Å². The first-order valence-electron chi connectivity index (χ1n) is 36.0. The molecule has 8 aromatic rings. The highest BCUT2D eigenvalue weighted by Gasteiger charge is 2.00. The standard InChI is InChI=1S/C14H16.C10H14.4C8H10.C6H6.14C2H6/c1-9-5-13-7-11(3)12(4)8-14(13)6-10(9)2;1-7-5-9(3)10(4)6-8(7)2;4*1-7-5-3-4-6-8(7)2;1-2-4-6-5-3-1;14*1-2/h5-8H,1-4H3;5-6H,1-4H3;4*3-6H,1-2H3;1-6H;14*1-2H3. The lowest BCUT2D eigenvalue weighted by molar-refractivity contribution is 1.24. The first kappa shape index (κ1) is 115. The molecule has 0 aromatic heterocycles. The summed E-state index contributed by atoms with van der Waals surface area (Å²) in [5.74, 6) is 0. The van der Waals surface area contributed by atoms with Crippen LogP contribution in [0.2, 0.25) is 0 Å². The van der Waals surface area contributed by atoms with E-state index >= 15 is 0 Å². The van der Waals surface area contributed by atoms with Gasteiger partial charge >= 0.3 is 0 Å². The summed E-state index contributed by atoms with van der Waals surface area (Å²) in [6.45, 7) is 90.3. The molecule has 520 valence electrons. The normalized spacial score (nSPS) is 7.56. The molecule has 0 bridgehead atoms. The average Bonchev–Trinajstić information content (AvgIpc) is 1.91. The number of aryl methyl sites for hydroxylation is 16. The minimum absolute atomic E-state index is 1.36. The van der Waals surface area contributed by atoms with E-state index in [2.05, 4.69) is 244 Å². The van der Waals surface area contributed by atoms with Gasteiger partial charge in [-0.1, -0.05) is 364 Å². The molecule has 0 spiro atoms. The molecule has 0 nitrogen and oxygen atoms in total. The summed E-state index contributed by atoms with van der Waals surface area (Å²) in [5.41, 5.74) is 22.0. The summed E-state index contributed by atoms with van der Waals surface area (Å²) in [7, 11) is 0. The fraction of sp³-hybridized carbons (Fsp3) is 0.489. The predicted octanol–water partition coefficient (Wildman–Crippen LogP) is 32.3. The average molecular weight is 1240 g/mol. The molecule has 0 aliphatic heterocycles. The van der Waals surface area contributed by atoms with Crippen LogP contribution in [0.15, 0.2) is 170 Å². The summed E-state index contributed by atoms with van der Waals surface area (Å²) in [4.78, 5) is 0. The monoisotopic (exact) mass is 1240 g/mol. The van der Waals surface area contributed by atoms with Crippen molar-refractivity contribution in [1.29, 1.82) is 0 Å². The van der Waals surface area contributed by atoms with Crippen molar-refractivity contribution in [2.75, 3.05) is 0 Å². The highest BCUT2D eigenvalue weighted by Crippen LogP contribution is 2.23. The number of fused-ring (bicyclic) bond motifs is 1. The van der Waals surface area contributed by atoms with Gasteiger partial charge < -0.3 is 0 Å². The van der Waals surface area contributed by atoms with Gasteiger partial charge in [0.25, 0.3) is 0 Å². The van der Waals surface area contributed by atoms with Crippen LogP contribution in [0.3, 0.4) is 0 Å². The molecule has 0 aliphatic carbocycles. The summed E-state index contributed by atoms with van der Waals surface area (Å²) in [6.07, 6.45) is 0. The Morgan fingerprint density at radius 1 is 0.111 bits per heavy atom. The van der Waals surface area contributed by atoms with Crippen LogP contribution in [-0.4, -0.2) is 0 Å². The van der Waals surface area contributed by atoms with E-state index in [-0.39, 0.29) is 0 Å². The van der Waals surface area contributed by atoms with E-state index in [4.69, 9.17) is 0 Å². The SMILES string of the molecule is CC.CC.CC.CC.CC.CC.CC.CC.CC.CC.CC.CC.CC.CC.Cc1cc(C)c(C)cc1C.Cc1cc2cc(C)c(C)cc2cc1C.Cc1ccccc1C.Cc1ccccc1C.Cc1ccccc1C.Cc1ccccc1C.c1ccccc1. The zero-order chi connectivity index (χ0) is 74.2. The van der Waals surface area contributed by atoms with Crippen LogP contribution in [0.4, 0.5) is 0 Å². The van der Waals surface area contributed by atoms with Crippen molar-refractivity contribution in [1.82, 2.24) is 0 Å². The molecule has 0 atom stereocenters. The maximum atomic E-state index is 2.27. The van der Waals surface area contributed by atoms with Crippen LogP contribution in [0.5, 0.6) is 0 Å². The third-order valence-corrected chi connectivity index (χ3v) is 11.5. The van der Waals surface area contributed by atoms with E-state index in [1.165, 1.54) is 99.8 Å². The summed E-state index contributed by atoms with van der Waals surface area (Å²) in [6, 6.07) is 59.0. The second-order valence-corrected chi connectivity index (χ2v) is 16.7. The largest absolute Gasteiger partial charge is 0.0683 e. The lowest BCUT2D eigenvalue weighted by Gasteiger charge is -2.07. The Labute approximate surface area is 571 Å². The molecule has 0 fully saturated rings. The van der Waals surface area contributed by atoms with Gasteiger partial charge in [-0.25, -0.2) is 0 Å². The van der Waals surface area contributed by atoms with Crippen molar-refractivity contribution >= 4 is 10.8 Å². The molecule has 0 saturated heterocycles. The van der Waals surface area contributed by atoms with Gasteiger partial charge in [0.1, 0.15) is 0 Å². The van der Waals surface area contributed by atoms with E-state index < -0.39 is 0 Å². The summed E-state index contributed by atoms with van der Waals surface area (Å²) in [5, 5.41) is 2.72. The number of rotatable bonds is 0. The summed E-state index contributed by atoms with van der Waals surface area (Å²) < 4.78 is 0. The number of benzene rings is 8. The van der Waals surface area contributed by atoms with Gasteiger partial charge in [-0.05, 0) is 211 Å². The van der Waals surface area contributed by atoms with Gasteiger partial charge in [0.15, 0.2) is 0 Å². The van der Waals surface area contributed by atoms with Crippen LogP contribution in [-0.2, 0) is 0 Å². The van der Waals surface area contributed by atoms with Crippen LogP contribution < -0.4 is 0 Å². The number of hydrogen-bond donors (Lipinski definition) is 0. The predicted molar refractivity (Wildman–Crippen MR) is 437 cm³/mol. The fourth-order valence-electron chi connectivity index (χ4n) is 5.95. The lowest BCUT2D eigenvalue weighted by atomic mass is 9.98. The molecule has 8 rings (SSSR count). The lowest BCUT2D eigenvalue weighted by Crippen LogP contribution is -1.86. The van der Waals surface area contributed by atoms with Crippen LogP contribution in [0.25, 0.3) is 10.8 Å². The minimum atomic E-state index is 1.36. The van der Waals surface area contributed by atoms with Gasteiger partial charge in [0.05, 0.1) is 0 Å². The Kier molecular flexibility index (Phi) is 123. The first-order chi connectivity index (χ1) is 43.4. The van der Waals surface area contributed by atoms with Gasteiger partial charge in [-0.15, -0.1) is 0 Å². The maximum absolute atomic E-state index is 2.27. The van der Waals surface area contributed by atoms with Crippen molar-refractivity contribution < 1.29 is 0 Å². The highest BCUT2D eigenvalue weighted by atomic mass is 14.1. The zero-order valence-corrected chi connectivity index (χ0v) is 69.2. The van der Waals surface area contributed by atoms with Gasteiger partial charge in [-0.3, -0.25) is 0 Å². The first-order valence-corrected chi connectivity index (χ1v) is 36.0. The maximum Gasteiger partial charge on any atom is -0.0178 e. The Morgan fingerprint density at radius 2 is 0.200 bits per heavy atom. The highest BCUT2D eigenvalue weighted by molar-refractivity contribution is 5.85. The zero-order valence-electron chi connectivity index (χ0n) is 69.2. The fourth-order valence-corrected chi connectivity index (χ4v) is 5.95. The Hall–Kier alpha value is -5.98. The molecular weight excluding hydrogens is 1080 g/mol. The second-order valence-electron chi connectivity index (χ2n) is 16.7. The molecule has 0 aliphatic rings. The van der Waals surface area contributed by atoms with E-state index in [1.807, 2.05) is 230 Å². The second kappa shape index (κ2) is 96.6. The van der Waals surface area contributed by atoms with Crippen LogP contribution >= 0.6 is 0 Å². The topological polar surface area (TPSA) is 0 Å². The molecule has 0 amide bonds. The Morgan fingerprint density at radius 3 is 0.289 bits per heavy atom. The van der Waals surface area contributed by atoms with E-state index in [9.17, 15) is 0 Å². The van der Waals surface area contributed by atoms with E-state index in [1.54, 1.807) is 0 Å². The van der Waals surface area contributed by atoms with E-state index in [0.717, 1.165) is 0 Å². The molecule has 8 aromatic carbocycles. The molecule has 90 heavy (non-hydrogen) atoms.